The van der Waals surface area contributed by atoms with Crippen molar-refractivity contribution in [3.05, 3.63) is 64.2 Å². The van der Waals surface area contributed by atoms with E-state index < -0.39 is 32.9 Å². The van der Waals surface area contributed by atoms with E-state index >= 15 is 0 Å². The van der Waals surface area contributed by atoms with Gasteiger partial charge in [0, 0.05) is 30.9 Å². The number of nitro benzene ring substituents is 1. The highest BCUT2D eigenvalue weighted by Crippen LogP contribution is 2.19. The molecule has 0 unspecified atom stereocenters. The van der Waals surface area contributed by atoms with Gasteiger partial charge in [0.05, 0.1) is 15.4 Å². The van der Waals surface area contributed by atoms with Crippen LogP contribution in [0.2, 0.25) is 0 Å². The van der Waals surface area contributed by atoms with Gasteiger partial charge in [-0.25, -0.2) is 13.2 Å². The van der Waals surface area contributed by atoms with Gasteiger partial charge in [-0.15, -0.1) is 0 Å². The van der Waals surface area contributed by atoms with Gasteiger partial charge in [0.2, 0.25) is 10.0 Å². The van der Waals surface area contributed by atoms with Crippen molar-refractivity contribution < 1.29 is 27.7 Å². The molecular weight excluding hydrogens is 426 g/mol. The highest BCUT2D eigenvalue weighted by Gasteiger charge is 2.23. The van der Waals surface area contributed by atoms with Gasteiger partial charge in [-0.3, -0.25) is 14.9 Å². The molecule has 1 N–H and O–H groups in total. The average molecular weight is 449 g/mol. The highest BCUT2D eigenvalue weighted by molar-refractivity contribution is 7.89. The first-order valence-electron chi connectivity index (χ1n) is 9.46. The summed E-state index contributed by atoms with van der Waals surface area (Å²) in [5, 5.41) is 13.3. The smallest absolute Gasteiger partial charge is 0.338 e. The molecule has 2 aromatic carbocycles. The summed E-state index contributed by atoms with van der Waals surface area (Å²) in [6.45, 7) is 5.45. The number of rotatable bonds is 9. The van der Waals surface area contributed by atoms with Gasteiger partial charge in [0.1, 0.15) is 0 Å². The molecule has 0 aromatic heterocycles. The number of amides is 1. The van der Waals surface area contributed by atoms with Crippen LogP contribution in [0.4, 0.5) is 11.4 Å². The third-order valence-electron chi connectivity index (χ3n) is 4.41. The zero-order valence-electron chi connectivity index (χ0n) is 17.3. The fraction of sp³-hybridized carbons (Fsp3) is 0.300. The van der Waals surface area contributed by atoms with Crippen LogP contribution in [-0.4, -0.2) is 48.7 Å². The number of carbonyl (C=O) groups excluding carboxylic acids is 2. The van der Waals surface area contributed by atoms with Crippen molar-refractivity contribution in [2.75, 3.05) is 18.4 Å². The molecule has 1 amide bonds. The van der Waals surface area contributed by atoms with Gasteiger partial charge in [0.15, 0.2) is 6.10 Å². The van der Waals surface area contributed by atoms with Crippen LogP contribution in [0.25, 0.3) is 0 Å². The van der Waals surface area contributed by atoms with E-state index in [1.807, 2.05) is 0 Å². The van der Waals surface area contributed by atoms with Crippen LogP contribution < -0.4 is 5.32 Å². The normalized spacial score (nSPS) is 12.3. The Balaban J connectivity index is 2.05. The minimum absolute atomic E-state index is 0.0456. The standard InChI is InChI=1S/C20H23N3O7S/c1-4-22(5-2)31(28,29)18-11-9-15(10-12-18)20(25)30-14(3)19(24)21-16-7-6-8-17(13-16)23(26)27/h6-14H,4-5H2,1-3H3,(H,21,24)/t14-/m1/s1. The molecular formula is C20H23N3O7S. The Bertz CT molecular complexity index is 1060. The Labute approximate surface area is 180 Å². The van der Waals surface area contributed by atoms with Crippen molar-refractivity contribution in [3.8, 4) is 0 Å². The predicted molar refractivity (Wildman–Crippen MR) is 113 cm³/mol. The van der Waals surface area contributed by atoms with Crippen molar-refractivity contribution in [3.63, 3.8) is 0 Å². The summed E-state index contributed by atoms with van der Waals surface area (Å²) >= 11 is 0. The van der Waals surface area contributed by atoms with Gasteiger partial charge >= 0.3 is 5.97 Å². The lowest BCUT2D eigenvalue weighted by molar-refractivity contribution is -0.384. The van der Waals surface area contributed by atoms with Gasteiger partial charge in [-0.1, -0.05) is 19.9 Å². The fourth-order valence-electron chi connectivity index (χ4n) is 2.70. The molecule has 0 radical (unpaired) electrons. The van der Waals surface area contributed by atoms with E-state index in [0.29, 0.717) is 13.1 Å². The maximum Gasteiger partial charge on any atom is 0.338 e. The topological polar surface area (TPSA) is 136 Å². The van der Waals surface area contributed by atoms with E-state index in [-0.39, 0.29) is 21.8 Å². The van der Waals surface area contributed by atoms with Crippen LogP contribution in [0.1, 0.15) is 31.1 Å². The van der Waals surface area contributed by atoms with E-state index in [9.17, 15) is 28.1 Å². The Morgan fingerprint density at radius 3 is 2.29 bits per heavy atom. The van der Waals surface area contributed by atoms with Crippen molar-refractivity contribution in [1.82, 2.24) is 4.31 Å². The summed E-state index contributed by atoms with van der Waals surface area (Å²) in [7, 11) is -3.66. The number of esters is 1. The minimum atomic E-state index is -3.66. The molecule has 0 saturated carbocycles. The molecule has 0 saturated heterocycles. The Morgan fingerprint density at radius 1 is 1.13 bits per heavy atom. The maximum atomic E-state index is 12.5. The number of ether oxygens (including phenoxy) is 1. The number of non-ortho nitro benzene ring substituents is 1. The lowest BCUT2D eigenvalue weighted by Crippen LogP contribution is -2.31. The molecule has 0 bridgehead atoms. The second-order valence-electron chi connectivity index (χ2n) is 6.46. The number of benzene rings is 2. The van der Waals surface area contributed by atoms with E-state index in [1.165, 1.54) is 59.8 Å². The van der Waals surface area contributed by atoms with Crippen molar-refractivity contribution in [2.45, 2.75) is 31.8 Å². The summed E-state index contributed by atoms with van der Waals surface area (Å²) in [6, 6.07) is 10.6. The summed E-state index contributed by atoms with van der Waals surface area (Å²) < 4.78 is 31.4. The van der Waals surface area contributed by atoms with E-state index in [0.717, 1.165) is 0 Å². The zero-order chi connectivity index (χ0) is 23.2. The quantitative estimate of drug-likeness (QED) is 0.353. The monoisotopic (exact) mass is 449 g/mol. The number of hydrogen-bond donors (Lipinski definition) is 1. The molecule has 31 heavy (non-hydrogen) atoms. The number of nitro groups is 1. The number of hydrogen-bond acceptors (Lipinski definition) is 7. The molecule has 11 heteroatoms. The van der Waals surface area contributed by atoms with Crippen molar-refractivity contribution in [2.24, 2.45) is 0 Å². The number of carbonyl (C=O) groups is 2. The maximum absolute atomic E-state index is 12.5. The van der Waals surface area contributed by atoms with Crippen LogP contribution in [0.5, 0.6) is 0 Å². The second-order valence-corrected chi connectivity index (χ2v) is 8.40. The molecule has 2 rings (SSSR count). The molecule has 2 aromatic rings. The Morgan fingerprint density at radius 2 is 1.74 bits per heavy atom. The van der Waals surface area contributed by atoms with Gasteiger partial charge in [0.25, 0.3) is 11.6 Å². The molecule has 10 nitrogen and oxygen atoms in total. The van der Waals surface area contributed by atoms with Crippen LogP contribution >= 0.6 is 0 Å². The lowest BCUT2D eigenvalue weighted by Gasteiger charge is -2.18. The first-order valence-corrected chi connectivity index (χ1v) is 10.9. The third kappa shape index (κ3) is 5.86. The first kappa shape index (κ1) is 24.0. The number of nitrogens with one attached hydrogen (secondary N) is 1. The van der Waals surface area contributed by atoms with E-state index in [4.69, 9.17) is 4.74 Å². The molecule has 0 aliphatic rings. The summed E-state index contributed by atoms with van der Waals surface area (Å²) in [5.74, 6) is -1.48. The Hall–Kier alpha value is -3.31. The molecule has 166 valence electrons. The van der Waals surface area contributed by atoms with Gasteiger partial charge < -0.3 is 10.1 Å². The number of anilines is 1. The van der Waals surface area contributed by atoms with Gasteiger partial charge in [-0.05, 0) is 37.3 Å². The fourth-order valence-corrected chi connectivity index (χ4v) is 4.16. The number of nitrogens with zero attached hydrogens (tertiary/aromatic N) is 2. The first-order chi connectivity index (χ1) is 14.6. The SMILES string of the molecule is CCN(CC)S(=O)(=O)c1ccc(C(=O)O[C@H](C)C(=O)Nc2cccc([N+](=O)[O-])c2)cc1. The molecule has 0 aliphatic carbocycles. The number of sulfonamides is 1. The average Bonchev–Trinajstić information content (AvgIpc) is 2.74. The predicted octanol–water partition coefficient (Wildman–Crippen LogP) is 2.81. The second kappa shape index (κ2) is 10.1. The third-order valence-corrected chi connectivity index (χ3v) is 6.47. The summed E-state index contributed by atoms with van der Waals surface area (Å²) in [4.78, 5) is 34.8. The molecule has 0 heterocycles. The van der Waals surface area contributed by atoms with E-state index in [2.05, 4.69) is 5.32 Å². The van der Waals surface area contributed by atoms with E-state index in [1.54, 1.807) is 13.8 Å². The summed E-state index contributed by atoms with van der Waals surface area (Å²) in [6.07, 6.45) is -1.19. The van der Waals surface area contributed by atoms with Gasteiger partial charge in [-0.2, -0.15) is 4.31 Å². The van der Waals surface area contributed by atoms with Crippen molar-refractivity contribution >= 4 is 33.3 Å². The minimum Gasteiger partial charge on any atom is -0.449 e. The van der Waals surface area contributed by atoms with Crippen LogP contribution in [-0.2, 0) is 19.6 Å². The molecule has 0 aliphatic heterocycles. The Kier molecular flexibility index (Phi) is 7.83. The molecule has 1 atom stereocenters. The van der Waals surface area contributed by atoms with Crippen LogP contribution in [0, 0.1) is 10.1 Å². The zero-order valence-corrected chi connectivity index (χ0v) is 18.1. The molecule has 0 spiro atoms. The van der Waals surface area contributed by atoms with Crippen molar-refractivity contribution in [1.29, 1.82) is 0 Å². The molecule has 0 fully saturated rings. The van der Waals surface area contributed by atoms with Crippen LogP contribution in [0.15, 0.2) is 53.4 Å². The van der Waals surface area contributed by atoms with Crippen LogP contribution in [0.3, 0.4) is 0 Å². The lowest BCUT2D eigenvalue weighted by atomic mass is 10.2. The highest BCUT2D eigenvalue weighted by atomic mass is 32.2. The largest absolute Gasteiger partial charge is 0.449 e. The summed E-state index contributed by atoms with van der Waals surface area (Å²) in [5.41, 5.74) is 0.0729.